The second-order valence-electron chi connectivity index (χ2n) is 4.80. The van der Waals surface area contributed by atoms with Gasteiger partial charge in [-0.25, -0.2) is 9.67 Å². The smallest absolute Gasteiger partial charge is 0.308 e. The fraction of sp³-hybridized carbons (Fsp3) is 0.769. The lowest BCUT2D eigenvalue weighted by atomic mass is 9.87. The lowest BCUT2D eigenvalue weighted by molar-refractivity contribution is -0.147. The predicted octanol–water partition coefficient (Wildman–Crippen LogP) is 1.55. The predicted molar refractivity (Wildman–Crippen MR) is 68.2 cm³/mol. The van der Waals surface area contributed by atoms with Gasteiger partial charge >= 0.3 is 5.97 Å². The maximum Gasteiger partial charge on any atom is 0.308 e. The molecule has 1 aliphatic carbocycles. The molecule has 0 N–H and O–H groups in total. The summed E-state index contributed by atoms with van der Waals surface area (Å²) in [6.07, 6.45) is 5.26. The Hall–Kier alpha value is -1.43. The number of esters is 1. The standard InChI is InChI=1S/C13H21N3O3/c1-3-16-12(14-9-15-16)8-19-11-6-4-10(5-7-11)13(17)18-2/h9-11H,3-8H2,1-2H3. The molecular weight excluding hydrogens is 246 g/mol. The SMILES string of the molecule is CCn1ncnc1COC1CCC(C(=O)OC)CC1. The van der Waals surface area contributed by atoms with Crippen molar-refractivity contribution in [1.29, 1.82) is 0 Å². The molecule has 0 radical (unpaired) electrons. The van der Waals surface area contributed by atoms with E-state index in [1.54, 1.807) is 6.33 Å². The van der Waals surface area contributed by atoms with Crippen LogP contribution in [0.15, 0.2) is 6.33 Å². The first-order valence-electron chi connectivity index (χ1n) is 6.80. The first-order valence-corrected chi connectivity index (χ1v) is 6.80. The maximum atomic E-state index is 11.4. The summed E-state index contributed by atoms with van der Waals surface area (Å²) >= 11 is 0. The molecule has 0 aliphatic heterocycles. The van der Waals surface area contributed by atoms with Gasteiger partial charge in [0, 0.05) is 6.54 Å². The van der Waals surface area contributed by atoms with E-state index in [1.165, 1.54) is 7.11 Å². The summed E-state index contributed by atoms with van der Waals surface area (Å²) in [6.45, 7) is 3.31. The van der Waals surface area contributed by atoms with Crippen LogP contribution in [0.2, 0.25) is 0 Å². The lowest BCUT2D eigenvalue weighted by Crippen LogP contribution is -2.27. The Morgan fingerprint density at radius 3 is 2.79 bits per heavy atom. The van der Waals surface area contributed by atoms with Gasteiger partial charge in [0.15, 0.2) is 5.82 Å². The number of hydrogen-bond donors (Lipinski definition) is 0. The van der Waals surface area contributed by atoms with Gasteiger partial charge in [0.25, 0.3) is 0 Å². The zero-order valence-electron chi connectivity index (χ0n) is 11.5. The minimum absolute atomic E-state index is 0.0455. The average molecular weight is 267 g/mol. The Morgan fingerprint density at radius 1 is 1.42 bits per heavy atom. The van der Waals surface area contributed by atoms with Crippen LogP contribution in [0.3, 0.4) is 0 Å². The molecule has 0 amide bonds. The van der Waals surface area contributed by atoms with Gasteiger partial charge in [-0.3, -0.25) is 4.79 Å². The van der Waals surface area contributed by atoms with Gasteiger partial charge in [0.05, 0.1) is 19.1 Å². The second kappa shape index (κ2) is 6.65. The van der Waals surface area contributed by atoms with Crippen molar-refractivity contribution in [3.05, 3.63) is 12.2 Å². The summed E-state index contributed by atoms with van der Waals surface area (Å²) in [7, 11) is 1.45. The molecule has 0 unspecified atom stereocenters. The molecule has 0 spiro atoms. The molecule has 106 valence electrons. The maximum absolute atomic E-state index is 11.4. The molecule has 6 nitrogen and oxygen atoms in total. The van der Waals surface area contributed by atoms with Crippen LogP contribution in [0.1, 0.15) is 38.4 Å². The Balaban J connectivity index is 1.75. The number of aromatic nitrogens is 3. The molecule has 1 heterocycles. The van der Waals surface area contributed by atoms with Crippen LogP contribution in [0.25, 0.3) is 0 Å². The van der Waals surface area contributed by atoms with Crippen LogP contribution in [0.4, 0.5) is 0 Å². The normalized spacial score (nSPS) is 23.3. The number of hydrogen-bond acceptors (Lipinski definition) is 5. The molecule has 1 aromatic rings. The Bertz CT molecular complexity index is 411. The summed E-state index contributed by atoms with van der Waals surface area (Å²) < 4.78 is 12.5. The van der Waals surface area contributed by atoms with Gasteiger partial charge < -0.3 is 9.47 Å². The van der Waals surface area contributed by atoms with Crippen LogP contribution in [0, 0.1) is 5.92 Å². The minimum atomic E-state index is -0.0934. The van der Waals surface area contributed by atoms with Gasteiger partial charge in [-0.1, -0.05) is 0 Å². The van der Waals surface area contributed by atoms with Crippen LogP contribution in [0.5, 0.6) is 0 Å². The van der Waals surface area contributed by atoms with Gasteiger partial charge in [-0.2, -0.15) is 5.10 Å². The summed E-state index contributed by atoms with van der Waals surface area (Å²) in [5, 5.41) is 4.11. The fourth-order valence-corrected chi connectivity index (χ4v) is 2.49. The topological polar surface area (TPSA) is 66.2 Å². The third kappa shape index (κ3) is 3.53. The molecule has 19 heavy (non-hydrogen) atoms. The quantitative estimate of drug-likeness (QED) is 0.757. The summed E-state index contributed by atoms with van der Waals surface area (Å²) in [5.41, 5.74) is 0. The Kier molecular flexibility index (Phi) is 4.90. The fourth-order valence-electron chi connectivity index (χ4n) is 2.49. The van der Waals surface area contributed by atoms with Crippen molar-refractivity contribution in [3.63, 3.8) is 0 Å². The first kappa shape index (κ1) is 14.0. The average Bonchev–Trinajstić information content (AvgIpc) is 2.92. The molecule has 6 heteroatoms. The highest BCUT2D eigenvalue weighted by Gasteiger charge is 2.27. The van der Waals surface area contributed by atoms with E-state index < -0.39 is 0 Å². The van der Waals surface area contributed by atoms with Gasteiger partial charge in [-0.15, -0.1) is 0 Å². The largest absolute Gasteiger partial charge is 0.469 e. The highest BCUT2D eigenvalue weighted by atomic mass is 16.5. The molecule has 1 saturated carbocycles. The number of rotatable bonds is 5. The van der Waals surface area contributed by atoms with E-state index in [-0.39, 0.29) is 18.0 Å². The monoisotopic (exact) mass is 267 g/mol. The summed E-state index contributed by atoms with van der Waals surface area (Å²) in [4.78, 5) is 15.6. The van der Waals surface area contributed by atoms with Crippen LogP contribution in [-0.2, 0) is 27.4 Å². The first-order chi connectivity index (χ1) is 9.24. The summed E-state index contributed by atoms with van der Waals surface area (Å²) in [6, 6.07) is 0. The van der Waals surface area contributed by atoms with Crippen LogP contribution < -0.4 is 0 Å². The van der Waals surface area contributed by atoms with E-state index in [0.29, 0.717) is 6.61 Å². The molecule has 0 aromatic carbocycles. The van der Waals surface area contributed by atoms with Crippen molar-refractivity contribution in [2.24, 2.45) is 5.92 Å². The Labute approximate surface area is 113 Å². The number of carbonyl (C=O) groups excluding carboxylic acids is 1. The number of carbonyl (C=O) groups is 1. The third-order valence-corrected chi connectivity index (χ3v) is 3.65. The van der Waals surface area contributed by atoms with E-state index in [0.717, 1.165) is 38.1 Å². The van der Waals surface area contributed by atoms with Gasteiger partial charge in [0.2, 0.25) is 0 Å². The minimum Gasteiger partial charge on any atom is -0.469 e. The lowest BCUT2D eigenvalue weighted by Gasteiger charge is -2.26. The molecule has 1 fully saturated rings. The zero-order chi connectivity index (χ0) is 13.7. The highest BCUT2D eigenvalue weighted by Crippen LogP contribution is 2.27. The van der Waals surface area contributed by atoms with Crippen molar-refractivity contribution in [2.75, 3.05) is 7.11 Å². The van der Waals surface area contributed by atoms with E-state index in [1.807, 2.05) is 11.6 Å². The molecule has 0 bridgehead atoms. The van der Waals surface area contributed by atoms with Gasteiger partial charge in [0.1, 0.15) is 12.9 Å². The molecule has 0 saturated heterocycles. The number of nitrogens with zero attached hydrogens (tertiary/aromatic N) is 3. The molecule has 1 aliphatic rings. The zero-order valence-corrected chi connectivity index (χ0v) is 11.5. The van der Waals surface area contributed by atoms with Crippen LogP contribution in [-0.4, -0.2) is 33.9 Å². The molecule has 1 aromatic heterocycles. The second-order valence-corrected chi connectivity index (χ2v) is 4.80. The van der Waals surface area contributed by atoms with E-state index in [2.05, 4.69) is 10.1 Å². The summed E-state index contributed by atoms with van der Waals surface area (Å²) in [5.74, 6) is 0.811. The number of ether oxygens (including phenoxy) is 2. The number of methoxy groups -OCH3 is 1. The van der Waals surface area contributed by atoms with Crippen LogP contribution >= 0.6 is 0 Å². The van der Waals surface area contributed by atoms with E-state index in [9.17, 15) is 4.79 Å². The molecule has 0 atom stereocenters. The molecule has 2 rings (SSSR count). The molecular formula is C13H21N3O3. The number of aryl methyl sites for hydroxylation is 1. The van der Waals surface area contributed by atoms with Crippen molar-refractivity contribution >= 4 is 5.97 Å². The van der Waals surface area contributed by atoms with Crippen molar-refractivity contribution in [2.45, 2.75) is 51.9 Å². The van der Waals surface area contributed by atoms with E-state index in [4.69, 9.17) is 9.47 Å². The van der Waals surface area contributed by atoms with Crippen molar-refractivity contribution in [1.82, 2.24) is 14.8 Å². The Morgan fingerprint density at radius 2 is 2.16 bits per heavy atom. The van der Waals surface area contributed by atoms with Crippen molar-refractivity contribution < 1.29 is 14.3 Å². The van der Waals surface area contributed by atoms with E-state index >= 15 is 0 Å². The van der Waals surface area contributed by atoms with Crippen molar-refractivity contribution in [3.8, 4) is 0 Å². The highest BCUT2D eigenvalue weighted by molar-refractivity contribution is 5.72. The third-order valence-electron chi connectivity index (χ3n) is 3.65. The van der Waals surface area contributed by atoms with Gasteiger partial charge in [-0.05, 0) is 32.6 Å².